The molecule has 0 fully saturated rings. The molecule has 0 bridgehead atoms. The Hall–Kier alpha value is -2.78. The number of benzene rings is 1. The molecule has 10 heteroatoms. The molecule has 23 heavy (non-hydrogen) atoms. The maximum Gasteiger partial charge on any atom is 0.419 e. The van der Waals surface area contributed by atoms with Crippen LogP contribution >= 0.6 is 0 Å². The summed E-state index contributed by atoms with van der Waals surface area (Å²) >= 11 is 0. The summed E-state index contributed by atoms with van der Waals surface area (Å²) in [6, 6.07) is 2.50. The van der Waals surface area contributed by atoms with Crippen LogP contribution in [0.1, 0.15) is 12.5 Å². The van der Waals surface area contributed by atoms with E-state index in [1.807, 2.05) is 5.32 Å². The predicted octanol–water partition coefficient (Wildman–Crippen LogP) is -0.0719. The Labute approximate surface area is 128 Å². The van der Waals surface area contributed by atoms with Crippen molar-refractivity contribution in [1.29, 1.82) is 0 Å². The van der Waals surface area contributed by atoms with Crippen LogP contribution < -0.4 is 21.5 Å². The van der Waals surface area contributed by atoms with Crippen LogP contribution in [0, 0.1) is 0 Å². The van der Waals surface area contributed by atoms with Gasteiger partial charge in [-0.05, 0) is 19.1 Å². The van der Waals surface area contributed by atoms with Gasteiger partial charge in [0, 0.05) is 0 Å². The number of ether oxygens (including phenoxy) is 1. The van der Waals surface area contributed by atoms with Gasteiger partial charge in [0.05, 0.1) is 5.56 Å². The summed E-state index contributed by atoms with van der Waals surface area (Å²) in [5, 5.41) is 1.90. The quantitative estimate of drug-likeness (QED) is 0.630. The van der Waals surface area contributed by atoms with Crippen molar-refractivity contribution in [3.63, 3.8) is 0 Å². The molecule has 0 saturated carbocycles. The molecular formula is C13H14F3N3O4. The fourth-order valence-corrected chi connectivity index (χ4v) is 1.59. The number of carbonyl (C=O) groups excluding carboxylic acids is 3. The molecule has 0 spiro atoms. The summed E-state index contributed by atoms with van der Waals surface area (Å²) in [7, 11) is 0. The third kappa shape index (κ3) is 4.87. The van der Waals surface area contributed by atoms with Gasteiger partial charge in [-0.3, -0.25) is 14.4 Å². The molecule has 1 aromatic carbocycles. The smallest absolute Gasteiger partial charge is 0.419 e. The van der Waals surface area contributed by atoms with E-state index >= 15 is 0 Å². The fraction of sp³-hybridized carbons (Fsp3) is 0.308. The van der Waals surface area contributed by atoms with E-state index < -0.39 is 47.4 Å². The first-order valence-corrected chi connectivity index (χ1v) is 6.26. The Balaban J connectivity index is 2.88. The Bertz CT molecular complexity index is 605. The number of carbonyl (C=O) groups is 3. The largest absolute Gasteiger partial charge is 0.480 e. The monoisotopic (exact) mass is 333 g/mol. The molecule has 0 aliphatic heterocycles. The highest BCUT2D eigenvalue weighted by molar-refractivity contribution is 6.06. The van der Waals surface area contributed by atoms with Crippen LogP contribution in [-0.2, 0) is 20.6 Å². The number of nitrogens with one attached hydrogen (secondary N) is 1. The molecule has 7 nitrogen and oxygen atoms in total. The van der Waals surface area contributed by atoms with E-state index in [-0.39, 0.29) is 0 Å². The third-order valence-corrected chi connectivity index (χ3v) is 2.72. The Morgan fingerprint density at radius 3 is 2.13 bits per heavy atom. The zero-order chi connectivity index (χ0) is 17.8. The van der Waals surface area contributed by atoms with Crippen LogP contribution in [0.5, 0.6) is 5.75 Å². The van der Waals surface area contributed by atoms with E-state index in [0.717, 1.165) is 25.1 Å². The summed E-state index contributed by atoms with van der Waals surface area (Å²) in [4.78, 5) is 33.7. The van der Waals surface area contributed by atoms with Gasteiger partial charge in [0.25, 0.3) is 5.91 Å². The minimum atomic E-state index is -4.67. The Kier molecular flexibility index (Phi) is 5.55. The lowest BCUT2D eigenvalue weighted by atomic mass is 10.2. The minimum Gasteiger partial charge on any atom is -0.480 e. The van der Waals surface area contributed by atoms with E-state index in [9.17, 15) is 27.6 Å². The van der Waals surface area contributed by atoms with E-state index in [0.29, 0.717) is 0 Å². The first-order chi connectivity index (χ1) is 10.5. The van der Waals surface area contributed by atoms with Crippen molar-refractivity contribution in [2.45, 2.75) is 25.2 Å². The van der Waals surface area contributed by atoms with Gasteiger partial charge < -0.3 is 21.5 Å². The lowest BCUT2D eigenvalue weighted by molar-refractivity contribution is -0.141. The number of halogens is 3. The summed E-state index contributed by atoms with van der Waals surface area (Å²) in [5.41, 5.74) is 8.68. The average molecular weight is 333 g/mol. The number of primary amides is 2. The summed E-state index contributed by atoms with van der Waals surface area (Å²) in [6.45, 7) is 1.14. The maximum absolute atomic E-state index is 12.8. The zero-order valence-electron chi connectivity index (χ0n) is 11.9. The number of hydrogen-bond donors (Lipinski definition) is 3. The zero-order valence-corrected chi connectivity index (χ0v) is 11.9. The molecule has 5 N–H and O–H groups in total. The highest BCUT2D eigenvalue weighted by Gasteiger charge is 2.35. The van der Waals surface area contributed by atoms with E-state index in [1.165, 1.54) is 6.07 Å². The first kappa shape index (κ1) is 18.3. The molecule has 0 aliphatic rings. The second-order valence-electron chi connectivity index (χ2n) is 4.50. The van der Waals surface area contributed by atoms with Crippen LogP contribution in [0.4, 0.5) is 13.2 Å². The molecular weight excluding hydrogens is 319 g/mol. The highest BCUT2D eigenvalue weighted by atomic mass is 19.4. The molecule has 1 atom stereocenters. The second kappa shape index (κ2) is 6.99. The molecule has 0 radical (unpaired) electrons. The van der Waals surface area contributed by atoms with Gasteiger partial charge in [-0.1, -0.05) is 12.1 Å². The lowest BCUT2D eigenvalue weighted by Gasteiger charge is -2.19. The van der Waals surface area contributed by atoms with Gasteiger partial charge in [0.15, 0.2) is 12.1 Å². The number of hydrogen-bond acceptors (Lipinski definition) is 4. The first-order valence-electron chi connectivity index (χ1n) is 6.26. The Morgan fingerprint density at radius 1 is 1.13 bits per heavy atom. The number of rotatable bonds is 6. The molecule has 0 saturated heterocycles. The summed E-state index contributed by atoms with van der Waals surface area (Å²) in [5.74, 6) is -4.00. The number of amides is 3. The summed E-state index contributed by atoms with van der Waals surface area (Å²) < 4.78 is 43.4. The van der Waals surface area contributed by atoms with Crippen molar-refractivity contribution in [3.8, 4) is 5.75 Å². The summed E-state index contributed by atoms with van der Waals surface area (Å²) in [6.07, 6.45) is -6.10. The SMILES string of the molecule is C[C@@H](Oc1ccccc1C(F)(F)F)C(=O)NC(C(N)=O)C(N)=O. The Morgan fingerprint density at radius 2 is 1.65 bits per heavy atom. The molecule has 0 aromatic heterocycles. The van der Waals surface area contributed by atoms with Gasteiger partial charge in [-0.15, -0.1) is 0 Å². The minimum absolute atomic E-state index is 0.572. The van der Waals surface area contributed by atoms with Crippen molar-refractivity contribution in [3.05, 3.63) is 29.8 Å². The van der Waals surface area contributed by atoms with Crippen LogP contribution in [0.15, 0.2) is 24.3 Å². The number of nitrogens with two attached hydrogens (primary N) is 2. The van der Waals surface area contributed by atoms with E-state index in [4.69, 9.17) is 16.2 Å². The van der Waals surface area contributed by atoms with Crippen molar-refractivity contribution in [2.24, 2.45) is 11.5 Å². The van der Waals surface area contributed by atoms with Gasteiger partial charge in [-0.25, -0.2) is 0 Å². The van der Waals surface area contributed by atoms with Crippen LogP contribution in [0.25, 0.3) is 0 Å². The molecule has 0 heterocycles. The number of alkyl halides is 3. The number of para-hydroxylation sites is 1. The maximum atomic E-state index is 12.8. The lowest BCUT2D eigenvalue weighted by Crippen LogP contribution is -2.55. The second-order valence-corrected chi connectivity index (χ2v) is 4.50. The van der Waals surface area contributed by atoms with Crippen LogP contribution in [0.2, 0.25) is 0 Å². The molecule has 126 valence electrons. The van der Waals surface area contributed by atoms with E-state index in [1.54, 1.807) is 0 Å². The molecule has 0 unspecified atom stereocenters. The standard InChI is InChI=1S/C13H14F3N3O4/c1-6(12(22)19-9(10(17)20)11(18)21)23-8-5-3-2-4-7(8)13(14,15)16/h2-6,9H,1H3,(H2,17,20)(H2,18,21)(H,19,22)/t6-/m1/s1. The van der Waals surface area contributed by atoms with Crippen LogP contribution in [-0.4, -0.2) is 29.9 Å². The fourth-order valence-electron chi connectivity index (χ4n) is 1.59. The topological polar surface area (TPSA) is 125 Å². The van der Waals surface area contributed by atoms with Crippen molar-refractivity contribution >= 4 is 17.7 Å². The van der Waals surface area contributed by atoms with Gasteiger partial charge in [0.1, 0.15) is 5.75 Å². The van der Waals surface area contributed by atoms with E-state index in [2.05, 4.69) is 0 Å². The molecule has 0 aliphatic carbocycles. The average Bonchev–Trinajstić information content (AvgIpc) is 2.43. The molecule has 3 amide bonds. The molecule has 1 rings (SSSR count). The van der Waals surface area contributed by atoms with Crippen molar-refractivity contribution in [2.75, 3.05) is 0 Å². The predicted molar refractivity (Wildman–Crippen MR) is 71.9 cm³/mol. The van der Waals surface area contributed by atoms with Crippen molar-refractivity contribution < 1.29 is 32.3 Å². The normalized spacial score (nSPS) is 12.6. The van der Waals surface area contributed by atoms with Gasteiger partial charge >= 0.3 is 6.18 Å². The van der Waals surface area contributed by atoms with Gasteiger partial charge in [-0.2, -0.15) is 13.2 Å². The highest BCUT2D eigenvalue weighted by Crippen LogP contribution is 2.36. The van der Waals surface area contributed by atoms with Crippen molar-refractivity contribution in [1.82, 2.24) is 5.32 Å². The van der Waals surface area contributed by atoms with Crippen LogP contribution in [0.3, 0.4) is 0 Å². The molecule has 1 aromatic rings. The third-order valence-electron chi connectivity index (χ3n) is 2.72. The van der Waals surface area contributed by atoms with Gasteiger partial charge in [0.2, 0.25) is 11.8 Å².